The number of aromatic nitrogens is 15. The number of fused-ring (bicyclic) bond motifs is 1. The van der Waals surface area contributed by atoms with E-state index in [0.717, 1.165) is 40.7 Å². The molecule has 0 amide bonds. The number of aromatic amines is 4. The summed E-state index contributed by atoms with van der Waals surface area (Å²) >= 11 is 37.5. The number of hydrogen-bond acceptors (Lipinski definition) is 45. The normalized spacial score (nSPS) is 29.7. The number of imidazole rings is 1. The van der Waals surface area contributed by atoms with E-state index in [1.807, 2.05) is 0 Å². The van der Waals surface area contributed by atoms with Gasteiger partial charge >= 0.3 is 81.2 Å². The molecule has 28 atom stereocenters. The second kappa shape index (κ2) is 44.8. The van der Waals surface area contributed by atoms with Crippen molar-refractivity contribution in [2.45, 2.75) is 229 Å². The maximum absolute atomic E-state index is 14.8. The second-order valence-corrected chi connectivity index (χ2v) is 53.6. The van der Waals surface area contributed by atoms with Crippen molar-refractivity contribution >= 4 is 159 Å². The van der Waals surface area contributed by atoms with Gasteiger partial charge in [-0.2, -0.15) is 9.97 Å². The SMILES string of the molecule is CC[C@H]1O[C@@H](n2cc(C)c(=O)[nH]c2=O)CC1OP(O)(=S)OC[C@H]1O[C@@H](n2cc(C)c(=O)[nH]c2=O)CC1OP(=O)(S)OC[C@H]1O[C@@H](n2cc(C)c(N)nc2=O)CC1OP(O)(=S)OC[C@H]1O[C@@H](n2cc(C)c(=O)[nH]c2=O)CC1OP(O)(=S)OC[C@H]1O[C@@H](n2cc(C)c(=O)[nH]c2=O)CC1OP(O)(=S)OC[C@H]1O[C@@H](n2cnc3c(N)ccnc32)CC1OP(O)(=S)OC[C@H]1O[C@@H](n2cc(C)c(N)nc2=O)CC1OP(O)(=S)OC. The number of nitrogens with one attached hydrogen (secondary N) is 4. The fourth-order valence-corrected chi connectivity index (χ4v) is 26.4. The number of anilines is 3. The molecule has 70 heteroatoms. The number of nitrogens with zero attached hydrogens (tertiary/aromatic N) is 11. The molecule has 0 aromatic carbocycles. The fourth-order valence-electron chi connectivity index (χ4n) is 16.5. The molecule has 0 radical (unpaired) electrons. The van der Waals surface area contributed by atoms with E-state index in [2.05, 4.69) is 52.1 Å². The maximum Gasteiger partial charge on any atom is 0.386 e. The van der Waals surface area contributed by atoms with Gasteiger partial charge in [-0.1, -0.05) is 19.2 Å². The third-order valence-corrected chi connectivity index (χ3v) is 35.1. The van der Waals surface area contributed by atoms with Crippen LogP contribution in [0.2, 0.25) is 0 Å². The van der Waals surface area contributed by atoms with Gasteiger partial charge in [0.15, 0.2) is 5.65 Å². The molecule has 0 spiro atoms. The van der Waals surface area contributed by atoms with Crippen molar-refractivity contribution in [1.82, 2.24) is 71.8 Å². The first kappa shape index (κ1) is 111. The summed E-state index contributed by atoms with van der Waals surface area (Å²) in [7, 11) is 1.12. The third-order valence-electron chi connectivity index (χ3n) is 23.8. The first-order valence-electron chi connectivity index (χ1n) is 43.2. The Morgan fingerprint density at radius 2 is 0.629 bits per heavy atom. The summed E-state index contributed by atoms with van der Waals surface area (Å²) < 4.78 is 150. The van der Waals surface area contributed by atoms with Crippen LogP contribution < -0.4 is 73.6 Å². The zero-order valence-electron chi connectivity index (χ0n) is 76.1. The van der Waals surface area contributed by atoms with Gasteiger partial charge in [0.05, 0.1) is 94.4 Å². The molecule has 8 aromatic heterocycles. The van der Waals surface area contributed by atoms with Gasteiger partial charge in [-0.15, -0.1) is 0 Å². The molecular weight excluding hydrogens is 2180 g/mol. The Kier molecular flexibility index (Phi) is 34.8. The molecule has 7 aliphatic rings. The van der Waals surface area contributed by atoms with Crippen LogP contribution in [0, 0.1) is 41.5 Å². The van der Waals surface area contributed by atoms with E-state index in [0.29, 0.717) is 17.5 Å². The summed E-state index contributed by atoms with van der Waals surface area (Å²) in [6, 6.07) is 1.52. The highest BCUT2D eigenvalue weighted by Crippen LogP contribution is 2.60. The van der Waals surface area contributed by atoms with Crippen molar-refractivity contribution in [3.63, 3.8) is 0 Å². The van der Waals surface area contributed by atoms with Crippen LogP contribution in [-0.4, -0.2) is 233 Å². The molecule has 0 aliphatic carbocycles. The molecule has 14 unspecified atom stereocenters. The molecular formula is C73H99N18O38P7S7. The van der Waals surface area contributed by atoms with Gasteiger partial charge in [0.25, 0.3) is 22.2 Å². The summed E-state index contributed by atoms with van der Waals surface area (Å²) in [6.07, 6.45) is -18.8. The van der Waals surface area contributed by atoms with Crippen LogP contribution in [0.25, 0.3) is 11.2 Å². The highest BCUT2D eigenvalue weighted by atomic mass is 32.7. The lowest BCUT2D eigenvalue weighted by atomic mass is 10.1. The van der Waals surface area contributed by atoms with E-state index in [4.69, 9.17) is 185 Å². The quantitative estimate of drug-likeness (QED) is 0.0192. The average molecular weight is 2280 g/mol. The fraction of sp³-hybridized carbons (Fsp3) is 0.589. The summed E-state index contributed by atoms with van der Waals surface area (Å²) in [5.41, 5.74) is 11.8. The summed E-state index contributed by atoms with van der Waals surface area (Å²) in [5, 5.41) is 0. The van der Waals surface area contributed by atoms with Gasteiger partial charge in [-0.05, 0) is 125 Å². The van der Waals surface area contributed by atoms with Crippen molar-refractivity contribution in [2.24, 2.45) is 0 Å². The molecule has 7 fully saturated rings. The Labute approximate surface area is 841 Å². The van der Waals surface area contributed by atoms with Gasteiger partial charge in [0.2, 0.25) is 0 Å². The minimum Gasteiger partial charge on any atom is -0.397 e. The second-order valence-electron chi connectivity index (χ2n) is 33.8. The van der Waals surface area contributed by atoms with Crippen molar-refractivity contribution in [3.8, 4) is 0 Å². The molecule has 15 rings (SSSR count). The third kappa shape index (κ3) is 26.9. The number of nitrogen functional groups attached to an aromatic ring is 3. The molecule has 0 saturated carbocycles. The summed E-state index contributed by atoms with van der Waals surface area (Å²) in [4.78, 5) is 227. The topological polar surface area (TPSA) is 730 Å². The minimum absolute atomic E-state index is 0.0238. The number of rotatable bonds is 41. The molecule has 143 heavy (non-hydrogen) atoms. The number of hydrogen-bond donors (Lipinski definition) is 14. The zero-order valence-corrected chi connectivity index (χ0v) is 88.2. The van der Waals surface area contributed by atoms with Gasteiger partial charge in [0.1, 0.15) is 103 Å². The number of ether oxygens (including phenoxy) is 7. The standard InChI is InChI=1S/C73H99N18O38P7S7/c1-9-39-40(12-53(116-39)87-21-34(4)64(92)81-70(87)98)124-131(103,138)110-26-49-43(15-56(119-49)88-22-35(5)65(93)82-71(88)99)126-133(105,140)112-27-48-42(14-55(118-48)86-20-33(3)62(76)80-69(86)97)125-132(104,139)113-28-50-44(16-57(120-50)89-23-36(6)66(94)83-72(89)100)127-134(106,141)114-29-51-45(17-58(121-51)90-24-37(7)67(95)84-73(90)101)128-135(107,142)115-30-52-46(18-59(122-52)91-31-78-60-38(74)10-11-77-63(60)91)129-136(108,143)111-25-47-41(123-130(102,137)109-8)13-54(117-47)85-19-32(2)61(75)79-68(85)96/h10-11,19-24,31,39-59H,9,12-18,25-30H2,1-8H3,(H2,74,77)(H,102,137)(H,103,138)(H,104,139)(H,105,140)(H,106,141)(H,107,142)(H,108,143)(H2,75,79,96)(H2,76,80,97)(H,81,92,98)(H,82,93,99)(H,83,94,100)(H,84,95,101)/t39-,40?,41?,42?,43?,44?,45?,46?,47-,48-,49-,50-,51-,52-,53-,54-,55-,56-,57-,58-,59-,130?,131?,132?,133?,134?,135?,136?/m1/s1. The first-order valence-corrected chi connectivity index (χ1v) is 61.5. The Balaban J connectivity index is 0.634. The number of aryl methyl sites for hydroxylation is 6. The van der Waals surface area contributed by atoms with Gasteiger partial charge in [-0.3, -0.25) is 80.1 Å². The van der Waals surface area contributed by atoms with Crippen LogP contribution in [0.3, 0.4) is 0 Å². The van der Waals surface area contributed by atoms with E-state index >= 15 is 0 Å². The first-order chi connectivity index (χ1) is 67.1. The van der Waals surface area contributed by atoms with Crippen molar-refractivity contribution < 1.29 is 130 Å². The van der Waals surface area contributed by atoms with E-state index in [9.17, 15) is 81.9 Å². The highest BCUT2D eigenvalue weighted by molar-refractivity contribution is 8.44. The Morgan fingerprint density at radius 3 is 0.923 bits per heavy atom. The largest absolute Gasteiger partial charge is 0.397 e. The highest BCUT2D eigenvalue weighted by Gasteiger charge is 2.52. The van der Waals surface area contributed by atoms with E-state index < -0.39 is 291 Å². The summed E-state index contributed by atoms with van der Waals surface area (Å²) in [5.74, 6) is -0.175. The number of nitrogens with two attached hydrogens (primary N) is 3. The average Bonchev–Trinajstić information content (AvgIpc) is 1.36. The Hall–Kier alpha value is -6.10. The van der Waals surface area contributed by atoms with Gasteiger partial charge in [0, 0.05) is 129 Å². The van der Waals surface area contributed by atoms with Gasteiger partial charge in [-0.25, -0.2) is 43.3 Å². The molecule has 8 aromatic rings. The molecule has 7 aliphatic heterocycles. The molecule has 56 nitrogen and oxygen atoms in total. The zero-order chi connectivity index (χ0) is 104. The van der Waals surface area contributed by atoms with Crippen LogP contribution in [0.5, 0.6) is 0 Å². The maximum atomic E-state index is 14.8. The molecule has 786 valence electrons. The molecule has 7 saturated heterocycles. The van der Waals surface area contributed by atoms with Crippen LogP contribution >= 0.6 is 59.4 Å². The molecule has 16 N–H and O–H groups in total. The van der Waals surface area contributed by atoms with Crippen molar-refractivity contribution in [3.05, 3.63) is 193 Å². The van der Waals surface area contributed by atoms with Crippen LogP contribution in [0.4, 0.5) is 17.3 Å². The lowest BCUT2D eigenvalue weighted by Gasteiger charge is -2.28. The van der Waals surface area contributed by atoms with Crippen LogP contribution in [-0.2, 0) is 172 Å². The predicted octanol–water partition coefficient (Wildman–Crippen LogP) is 1.95. The number of H-pyrrole nitrogens is 4. The summed E-state index contributed by atoms with van der Waals surface area (Å²) in [6.45, 7) is -25.9. The van der Waals surface area contributed by atoms with Crippen LogP contribution in [0.15, 0.2) is 104 Å². The van der Waals surface area contributed by atoms with E-state index in [-0.39, 0.29) is 76.4 Å². The number of pyridine rings is 1. The lowest BCUT2D eigenvalue weighted by Crippen LogP contribution is -2.33. The Morgan fingerprint density at radius 1 is 0.378 bits per heavy atom. The molecule has 15 heterocycles. The smallest absolute Gasteiger partial charge is 0.386 e. The van der Waals surface area contributed by atoms with E-state index in [1.54, 1.807) is 13.8 Å². The molecule has 0 bridgehead atoms. The van der Waals surface area contributed by atoms with Crippen molar-refractivity contribution in [1.29, 1.82) is 0 Å². The van der Waals surface area contributed by atoms with Gasteiger partial charge < -0.3 is 134 Å². The number of thiol groups is 1. The van der Waals surface area contributed by atoms with Crippen molar-refractivity contribution in [2.75, 3.05) is 64.0 Å². The Bertz CT molecular complexity index is 7180. The van der Waals surface area contributed by atoms with Crippen LogP contribution in [0.1, 0.15) is 135 Å². The monoisotopic (exact) mass is 2280 g/mol. The predicted molar refractivity (Wildman–Crippen MR) is 524 cm³/mol. The minimum atomic E-state index is -4.82. The van der Waals surface area contributed by atoms with E-state index in [1.165, 1.54) is 88.8 Å². The lowest BCUT2D eigenvalue weighted by molar-refractivity contribution is -0.0574.